The van der Waals surface area contributed by atoms with Crippen LogP contribution in [0, 0.1) is 6.07 Å². The van der Waals surface area contributed by atoms with Crippen LogP contribution in [0.3, 0.4) is 0 Å². The number of methoxy groups -OCH3 is 1. The van der Waals surface area contributed by atoms with Crippen LogP contribution < -0.4 is 23.6 Å². The first-order valence-electron chi connectivity index (χ1n) is 9.54. The van der Waals surface area contributed by atoms with Crippen molar-refractivity contribution in [1.29, 1.82) is 0 Å². The van der Waals surface area contributed by atoms with E-state index in [1.54, 1.807) is 7.11 Å². The van der Waals surface area contributed by atoms with Crippen LogP contribution in [0.1, 0.15) is 65.5 Å². The van der Waals surface area contributed by atoms with Crippen molar-refractivity contribution >= 4 is 0 Å². The molecule has 0 atom stereocenters. The monoisotopic (exact) mass is 360 g/mol. The van der Waals surface area contributed by atoms with Gasteiger partial charge in [-0.15, -0.1) is 35.4 Å². The molecule has 2 rings (SSSR count). The summed E-state index contributed by atoms with van der Waals surface area (Å²) >= 11 is 0. The van der Waals surface area contributed by atoms with Crippen LogP contribution in [0.5, 0.6) is 5.75 Å². The Labute approximate surface area is 177 Å². The molecule has 0 spiro atoms. The minimum Gasteiger partial charge on any atom is -0.476 e. The van der Waals surface area contributed by atoms with Crippen molar-refractivity contribution in [3.8, 4) is 16.9 Å². The van der Waals surface area contributed by atoms with Crippen molar-refractivity contribution in [1.82, 2.24) is 0 Å². The molecule has 2 aromatic rings. The summed E-state index contributed by atoms with van der Waals surface area (Å²) in [5.41, 5.74) is 4.85. The number of benzene rings is 2. The zero-order valence-electron chi connectivity index (χ0n) is 18.4. The van der Waals surface area contributed by atoms with E-state index in [1.165, 1.54) is 11.1 Å². The van der Waals surface area contributed by atoms with Gasteiger partial charge in [0.25, 0.3) is 0 Å². The van der Waals surface area contributed by atoms with Crippen molar-refractivity contribution in [2.45, 2.75) is 65.2 Å². The Balaban J connectivity index is 0.00000364. The summed E-state index contributed by atoms with van der Waals surface area (Å²) in [7, 11) is 1.66. The third-order valence-electron chi connectivity index (χ3n) is 5.71. The van der Waals surface area contributed by atoms with Gasteiger partial charge in [0.1, 0.15) is 0 Å². The fourth-order valence-electron chi connectivity index (χ4n) is 2.99. The maximum absolute atomic E-state index is 6.07. The first-order chi connectivity index (χ1) is 12.3. The summed E-state index contributed by atoms with van der Waals surface area (Å²) in [4.78, 5) is 0. The Morgan fingerprint density at radius 2 is 1.63 bits per heavy atom. The average Bonchev–Trinajstić information content (AvgIpc) is 2.66. The van der Waals surface area contributed by atoms with E-state index < -0.39 is 0 Å². The van der Waals surface area contributed by atoms with Crippen LogP contribution in [0.15, 0.2) is 36.4 Å². The molecule has 0 N–H and O–H groups in total. The number of ether oxygens (including phenoxy) is 2. The van der Waals surface area contributed by atoms with Gasteiger partial charge in [0.05, 0.1) is 5.75 Å². The molecule has 0 fully saturated rings. The van der Waals surface area contributed by atoms with Gasteiger partial charge in [0, 0.05) is 7.11 Å². The van der Waals surface area contributed by atoms with E-state index in [0.717, 1.165) is 29.7 Å². The van der Waals surface area contributed by atoms with E-state index in [1.807, 2.05) is 6.07 Å². The third-order valence-corrected chi connectivity index (χ3v) is 5.71. The van der Waals surface area contributed by atoms with Gasteiger partial charge in [-0.05, 0) is 29.2 Å². The van der Waals surface area contributed by atoms with Crippen LogP contribution in [0.4, 0.5) is 0 Å². The normalized spacial score (nSPS) is 11.8. The maximum atomic E-state index is 6.07. The molecule has 0 aromatic heterocycles. The Kier molecular flexibility index (Phi) is 8.68. The SMILES string of the molecule is CCC(C)(C)c1cc[c-]c(-c2cccc(C(C)(C)CC)c2OCOC)c1.[Li+]. The van der Waals surface area contributed by atoms with Gasteiger partial charge < -0.3 is 9.47 Å². The quantitative estimate of drug-likeness (QED) is 0.407. The summed E-state index contributed by atoms with van der Waals surface area (Å²) in [5.74, 6) is 0.906. The van der Waals surface area contributed by atoms with Gasteiger partial charge in [-0.25, -0.2) is 0 Å². The first-order valence-corrected chi connectivity index (χ1v) is 9.54. The largest absolute Gasteiger partial charge is 1.00 e. The maximum Gasteiger partial charge on any atom is 1.00 e. The third kappa shape index (κ3) is 5.41. The summed E-state index contributed by atoms with van der Waals surface area (Å²) in [6, 6.07) is 16.3. The number of hydrogen-bond acceptors (Lipinski definition) is 2. The second-order valence-electron chi connectivity index (χ2n) is 8.20. The molecule has 2 aromatic carbocycles. The molecular formula is C24H33LiO2. The molecule has 27 heavy (non-hydrogen) atoms. The molecule has 0 aliphatic rings. The van der Waals surface area contributed by atoms with Crippen molar-refractivity contribution in [3.63, 3.8) is 0 Å². The standard InChI is InChI=1S/C24H33O2.Li/c1-8-23(3,4)19-13-10-12-18(16-19)20-14-11-15-21(24(5,6)9-2)22(20)26-17-25-7;/h10-11,13-16H,8-9,17H2,1-7H3;/q-1;+1. The van der Waals surface area contributed by atoms with E-state index in [-0.39, 0.29) is 36.5 Å². The minimum atomic E-state index is 0. The van der Waals surface area contributed by atoms with Crippen LogP contribution in [0.2, 0.25) is 0 Å². The summed E-state index contributed by atoms with van der Waals surface area (Å²) in [6.45, 7) is 13.8. The fraction of sp³-hybridized carbons (Fsp3) is 0.500. The molecule has 0 saturated carbocycles. The van der Waals surface area contributed by atoms with Crippen LogP contribution in [-0.4, -0.2) is 13.9 Å². The van der Waals surface area contributed by atoms with E-state index in [4.69, 9.17) is 9.47 Å². The first kappa shape index (κ1) is 23.8. The van der Waals surface area contributed by atoms with Crippen LogP contribution in [0.25, 0.3) is 11.1 Å². The summed E-state index contributed by atoms with van der Waals surface area (Å²) in [5, 5.41) is 0. The Bertz CT molecular complexity index is 735. The van der Waals surface area contributed by atoms with Gasteiger partial charge in [-0.3, -0.25) is 0 Å². The van der Waals surface area contributed by atoms with Crippen molar-refractivity contribution in [2.75, 3.05) is 13.9 Å². The predicted octanol–water partition coefficient (Wildman–Crippen LogP) is 3.52. The van der Waals surface area contributed by atoms with Gasteiger partial charge in [0.2, 0.25) is 0 Å². The zero-order valence-corrected chi connectivity index (χ0v) is 18.4. The van der Waals surface area contributed by atoms with E-state index in [0.29, 0.717) is 0 Å². The number of para-hydroxylation sites is 1. The van der Waals surface area contributed by atoms with Gasteiger partial charge in [-0.2, -0.15) is 0 Å². The van der Waals surface area contributed by atoms with Gasteiger partial charge >= 0.3 is 18.9 Å². The molecular weight excluding hydrogens is 327 g/mol. The van der Waals surface area contributed by atoms with Crippen LogP contribution >= 0.6 is 0 Å². The number of rotatable bonds is 8. The molecule has 0 radical (unpaired) electrons. The van der Waals surface area contributed by atoms with Gasteiger partial charge in [0.15, 0.2) is 6.79 Å². The molecule has 0 saturated heterocycles. The van der Waals surface area contributed by atoms with Crippen molar-refractivity contribution < 1.29 is 28.3 Å². The van der Waals surface area contributed by atoms with Gasteiger partial charge in [-0.1, -0.05) is 65.3 Å². The molecule has 0 aliphatic heterocycles. The second kappa shape index (κ2) is 9.83. The smallest absolute Gasteiger partial charge is 0.476 e. The predicted molar refractivity (Wildman–Crippen MR) is 110 cm³/mol. The zero-order chi connectivity index (χ0) is 19.4. The van der Waals surface area contributed by atoms with E-state index in [9.17, 15) is 0 Å². The fourth-order valence-corrected chi connectivity index (χ4v) is 2.99. The second-order valence-corrected chi connectivity index (χ2v) is 8.20. The molecule has 2 nitrogen and oxygen atoms in total. The molecule has 0 aliphatic carbocycles. The average molecular weight is 360 g/mol. The van der Waals surface area contributed by atoms with Crippen molar-refractivity contribution in [3.05, 3.63) is 53.6 Å². The Morgan fingerprint density at radius 3 is 2.22 bits per heavy atom. The molecule has 0 heterocycles. The molecule has 0 bridgehead atoms. The van der Waals surface area contributed by atoms with Crippen molar-refractivity contribution in [2.24, 2.45) is 0 Å². The number of hydrogen-bond donors (Lipinski definition) is 0. The Hall–Kier alpha value is -1.20. The van der Waals surface area contributed by atoms with Crippen LogP contribution in [-0.2, 0) is 15.6 Å². The topological polar surface area (TPSA) is 18.5 Å². The molecule has 3 heteroatoms. The molecule has 0 unspecified atom stereocenters. The summed E-state index contributed by atoms with van der Waals surface area (Å²) < 4.78 is 11.3. The minimum absolute atomic E-state index is 0. The van der Waals surface area contributed by atoms with E-state index >= 15 is 0 Å². The summed E-state index contributed by atoms with van der Waals surface area (Å²) in [6.07, 6.45) is 2.12. The molecule has 0 amide bonds. The molecule has 142 valence electrons. The van der Waals surface area contributed by atoms with E-state index in [2.05, 4.69) is 77.9 Å². The Morgan fingerprint density at radius 1 is 0.963 bits per heavy atom.